The molecule has 0 aliphatic heterocycles. The Balaban J connectivity index is 2.01. The van der Waals surface area contributed by atoms with E-state index in [0.29, 0.717) is 5.84 Å². The lowest BCUT2D eigenvalue weighted by atomic mass is 10.1. The van der Waals surface area contributed by atoms with Crippen molar-refractivity contribution in [2.75, 3.05) is 7.11 Å². The first-order valence-corrected chi connectivity index (χ1v) is 6.64. The predicted octanol–water partition coefficient (Wildman–Crippen LogP) is 4.12. The fourth-order valence-corrected chi connectivity index (χ4v) is 2.20. The number of aliphatic imine (C=N–C) groups is 1. The van der Waals surface area contributed by atoms with E-state index in [1.807, 2.05) is 48.5 Å². The van der Waals surface area contributed by atoms with Gasteiger partial charge in [-0.2, -0.15) is 0 Å². The van der Waals surface area contributed by atoms with Crippen LogP contribution < -0.4 is 10.5 Å². The molecule has 0 unspecified atom stereocenters. The highest BCUT2D eigenvalue weighted by atomic mass is 16.5. The third kappa shape index (κ3) is 2.74. The van der Waals surface area contributed by atoms with Crippen molar-refractivity contribution in [3.8, 4) is 17.1 Å². The van der Waals surface area contributed by atoms with E-state index in [1.54, 1.807) is 14.0 Å². The van der Waals surface area contributed by atoms with Gasteiger partial charge in [-0.3, -0.25) is 0 Å². The molecule has 4 heteroatoms. The van der Waals surface area contributed by atoms with E-state index in [4.69, 9.17) is 14.9 Å². The highest BCUT2D eigenvalue weighted by Gasteiger charge is 2.07. The summed E-state index contributed by atoms with van der Waals surface area (Å²) < 4.78 is 11.0. The Morgan fingerprint density at radius 3 is 2.52 bits per heavy atom. The SMILES string of the molecule is COc1ccc(-c2cc3cc(N=C(C)N)ccc3o2)cc1. The van der Waals surface area contributed by atoms with Crippen LogP contribution in [-0.2, 0) is 0 Å². The predicted molar refractivity (Wildman–Crippen MR) is 85.2 cm³/mol. The Morgan fingerprint density at radius 1 is 1.10 bits per heavy atom. The number of fused-ring (bicyclic) bond motifs is 1. The van der Waals surface area contributed by atoms with Crippen molar-refractivity contribution in [3.63, 3.8) is 0 Å². The molecule has 3 rings (SSSR count). The van der Waals surface area contributed by atoms with Gasteiger partial charge in [-0.15, -0.1) is 0 Å². The van der Waals surface area contributed by atoms with E-state index in [9.17, 15) is 0 Å². The molecular weight excluding hydrogens is 264 g/mol. The van der Waals surface area contributed by atoms with Crippen LogP contribution in [0.1, 0.15) is 6.92 Å². The molecule has 0 atom stereocenters. The summed E-state index contributed by atoms with van der Waals surface area (Å²) in [7, 11) is 1.65. The second-order valence-electron chi connectivity index (χ2n) is 4.81. The van der Waals surface area contributed by atoms with Crippen LogP contribution in [0.4, 0.5) is 5.69 Å². The molecule has 0 fully saturated rings. The van der Waals surface area contributed by atoms with Crippen LogP contribution in [0, 0.1) is 0 Å². The molecule has 0 saturated heterocycles. The average Bonchev–Trinajstić information content (AvgIpc) is 2.90. The lowest BCUT2D eigenvalue weighted by molar-refractivity contribution is 0.415. The number of methoxy groups -OCH3 is 1. The van der Waals surface area contributed by atoms with Gasteiger partial charge in [0.05, 0.1) is 18.6 Å². The molecule has 0 spiro atoms. The van der Waals surface area contributed by atoms with E-state index in [0.717, 1.165) is 33.7 Å². The van der Waals surface area contributed by atoms with Crippen molar-refractivity contribution < 1.29 is 9.15 Å². The first kappa shape index (κ1) is 13.2. The fraction of sp³-hybridized carbons (Fsp3) is 0.118. The van der Waals surface area contributed by atoms with E-state index in [1.165, 1.54) is 0 Å². The topological polar surface area (TPSA) is 60.8 Å². The van der Waals surface area contributed by atoms with Gasteiger partial charge >= 0.3 is 0 Å². The monoisotopic (exact) mass is 280 g/mol. The Bertz CT molecular complexity index is 797. The average molecular weight is 280 g/mol. The first-order valence-electron chi connectivity index (χ1n) is 6.64. The fourth-order valence-electron chi connectivity index (χ4n) is 2.20. The standard InChI is InChI=1S/C17H16N2O2/c1-11(18)19-14-5-8-16-13(9-14)10-17(21-16)12-3-6-15(20-2)7-4-12/h3-10H,1-2H3,(H2,18,19). The molecule has 106 valence electrons. The largest absolute Gasteiger partial charge is 0.497 e. The maximum absolute atomic E-state index is 5.87. The number of furan rings is 1. The molecular formula is C17H16N2O2. The molecule has 0 aliphatic rings. The number of rotatable bonds is 3. The van der Waals surface area contributed by atoms with Crippen LogP contribution in [0.2, 0.25) is 0 Å². The lowest BCUT2D eigenvalue weighted by Gasteiger charge is -2.00. The summed E-state index contributed by atoms with van der Waals surface area (Å²) >= 11 is 0. The van der Waals surface area contributed by atoms with Gasteiger partial charge in [-0.1, -0.05) is 0 Å². The molecule has 0 bridgehead atoms. The first-order chi connectivity index (χ1) is 10.2. The van der Waals surface area contributed by atoms with Gasteiger partial charge in [-0.05, 0) is 55.5 Å². The highest BCUT2D eigenvalue weighted by Crippen LogP contribution is 2.31. The molecule has 1 heterocycles. The summed E-state index contributed by atoms with van der Waals surface area (Å²) in [5.41, 5.74) is 8.27. The zero-order chi connectivity index (χ0) is 14.8. The van der Waals surface area contributed by atoms with Gasteiger partial charge in [0, 0.05) is 10.9 Å². The number of nitrogens with zero attached hydrogens (tertiary/aromatic N) is 1. The Kier molecular flexibility index (Phi) is 3.36. The van der Waals surface area contributed by atoms with Crippen molar-refractivity contribution in [1.29, 1.82) is 0 Å². The quantitative estimate of drug-likeness (QED) is 0.580. The maximum Gasteiger partial charge on any atom is 0.135 e. The number of amidine groups is 1. The van der Waals surface area contributed by atoms with Crippen LogP contribution in [0.15, 0.2) is 57.9 Å². The van der Waals surface area contributed by atoms with Gasteiger partial charge < -0.3 is 14.9 Å². The van der Waals surface area contributed by atoms with E-state index in [2.05, 4.69) is 4.99 Å². The molecule has 3 aromatic rings. The smallest absolute Gasteiger partial charge is 0.135 e. The Morgan fingerprint density at radius 2 is 1.86 bits per heavy atom. The van der Waals surface area contributed by atoms with Crippen molar-refractivity contribution in [1.82, 2.24) is 0 Å². The zero-order valence-electron chi connectivity index (χ0n) is 12.0. The van der Waals surface area contributed by atoms with E-state index < -0.39 is 0 Å². The lowest BCUT2D eigenvalue weighted by Crippen LogP contribution is -2.03. The molecule has 0 radical (unpaired) electrons. The zero-order valence-corrected chi connectivity index (χ0v) is 12.0. The second-order valence-corrected chi connectivity index (χ2v) is 4.81. The van der Waals surface area contributed by atoms with E-state index in [-0.39, 0.29) is 0 Å². The van der Waals surface area contributed by atoms with Gasteiger partial charge in [0.2, 0.25) is 0 Å². The number of hydrogen-bond donors (Lipinski definition) is 1. The maximum atomic E-state index is 5.87. The minimum absolute atomic E-state index is 0.535. The third-order valence-corrected chi connectivity index (χ3v) is 3.18. The Labute approximate surface area is 122 Å². The molecule has 21 heavy (non-hydrogen) atoms. The minimum Gasteiger partial charge on any atom is -0.497 e. The molecule has 1 aromatic heterocycles. The van der Waals surface area contributed by atoms with Crippen LogP contribution in [0.25, 0.3) is 22.3 Å². The molecule has 0 amide bonds. The van der Waals surface area contributed by atoms with E-state index >= 15 is 0 Å². The van der Waals surface area contributed by atoms with Crippen LogP contribution in [-0.4, -0.2) is 12.9 Å². The van der Waals surface area contributed by atoms with Crippen LogP contribution in [0.5, 0.6) is 5.75 Å². The molecule has 0 aliphatic carbocycles. The highest BCUT2D eigenvalue weighted by molar-refractivity contribution is 5.87. The molecule has 4 nitrogen and oxygen atoms in total. The number of hydrogen-bond acceptors (Lipinski definition) is 3. The molecule has 2 aromatic carbocycles. The summed E-state index contributed by atoms with van der Waals surface area (Å²) in [4.78, 5) is 4.25. The van der Waals surface area contributed by atoms with Crippen molar-refractivity contribution >= 4 is 22.5 Å². The van der Waals surface area contributed by atoms with Crippen molar-refractivity contribution in [2.24, 2.45) is 10.7 Å². The summed E-state index contributed by atoms with van der Waals surface area (Å²) in [5, 5.41) is 1.00. The van der Waals surface area contributed by atoms with Crippen LogP contribution >= 0.6 is 0 Å². The summed E-state index contributed by atoms with van der Waals surface area (Å²) in [6.07, 6.45) is 0. The van der Waals surface area contributed by atoms with Crippen molar-refractivity contribution in [2.45, 2.75) is 6.92 Å². The number of nitrogens with two attached hydrogens (primary N) is 1. The van der Waals surface area contributed by atoms with Crippen LogP contribution in [0.3, 0.4) is 0 Å². The van der Waals surface area contributed by atoms with Crippen molar-refractivity contribution in [3.05, 3.63) is 48.5 Å². The number of benzene rings is 2. The summed E-state index contributed by atoms with van der Waals surface area (Å²) in [6.45, 7) is 1.77. The van der Waals surface area contributed by atoms with Gasteiger partial charge in [0.15, 0.2) is 0 Å². The Hall–Kier alpha value is -2.75. The third-order valence-electron chi connectivity index (χ3n) is 3.18. The molecule has 0 saturated carbocycles. The second kappa shape index (κ2) is 5.32. The summed E-state index contributed by atoms with van der Waals surface area (Å²) in [6, 6.07) is 15.5. The minimum atomic E-state index is 0.535. The van der Waals surface area contributed by atoms with Gasteiger partial charge in [-0.25, -0.2) is 4.99 Å². The molecule has 2 N–H and O–H groups in total. The van der Waals surface area contributed by atoms with Gasteiger partial charge in [0.25, 0.3) is 0 Å². The number of ether oxygens (including phenoxy) is 1. The summed E-state index contributed by atoms with van der Waals surface area (Å²) in [5.74, 6) is 2.18. The van der Waals surface area contributed by atoms with Gasteiger partial charge in [0.1, 0.15) is 17.1 Å². The normalized spacial score (nSPS) is 11.8.